The molecule has 1 saturated heterocycles. The summed E-state index contributed by atoms with van der Waals surface area (Å²) in [6.07, 6.45) is 2.75. The Kier molecular flexibility index (Phi) is 3.48. The first-order valence-electron chi connectivity index (χ1n) is 6.96. The van der Waals surface area contributed by atoms with Crippen LogP contribution in [0.4, 0.5) is 5.69 Å². The SMILES string of the molecule is COc1cc(N2CCNC(C)(C3CC3)C2)ccc1Br. The predicted octanol–water partition coefficient (Wildman–Crippen LogP) is 3.04. The van der Waals surface area contributed by atoms with Crippen molar-refractivity contribution in [2.24, 2.45) is 5.92 Å². The number of rotatable bonds is 3. The smallest absolute Gasteiger partial charge is 0.135 e. The average molecular weight is 325 g/mol. The van der Waals surface area contributed by atoms with Crippen molar-refractivity contribution in [3.8, 4) is 5.75 Å². The van der Waals surface area contributed by atoms with E-state index in [1.54, 1.807) is 7.11 Å². The normalized spacial score (nSPS) is 27.4. The second-order valence-corrected chi connectivity index (χ2v) is 6.71. The summed E-state index contributed by atoms with van der Waals surface area (Å²) >= 11 is 3.51. The summed E-state index contributed by atoms with van der Waals surface area (Å²) in [6, 6.07) is 6.37. The molecule has 1 aromatic rings. The summed E-state index contributed by atoms with van der Waals surface area (Å²) in [4.78, 5) is 2.48. The summed E-state index contributed by atoms with van der Waals surface area (Å²) in [7, 11) is 1.72. The minimum Gasteiger partial charge on any atom is -0.495 e. The van der Waals surface area contributed by atoms with Crippen LogP contribution in [-0.4, -0.2) is 32.3 Å². The molecule has 0 aromatic heterocycles. The Hall–Kier alpha value is -0.740. The van der Waals surface area contributed by atoms with Crippen molar-refractivity contribution in [2.45, 2.75) is 25.3 Å². The molecular weight excluding hydrogens is 304 g/mol. The summed E-state index contributed by atoms with van der Waals surface area (Å²) in [5.74, 6) is 1.76. The van der Waals surface area contributed by atoms with Crippen molar-refractivity contribution < 1.29 is 4.74 Å². The monoisotopic (exact) mass is 324 g/mol. The Balaban J connectivity index is 1.81. The third-order valence-corrected chi connectivity index (χ3v) is 5.06. The van der Waals surface area contributed by atoms with Crippen molar-refractivity contribution in [1.29, 1.82) is 0 Å². The highest BCUT2D eigenvalue weighted by molar-refractivity contribution is 9.10. The number of anilines is 1. The molecule has 0 radical (unpaired) electrons. The predicted molar refractivity (Wildman–Crippen MR) is 82.0 cm³/mol. The first-order valence-corrected chi connectivity index (χ1v) is 7.75. The third-order valence-electron chi connectivity index (χ3n) is 4.41. The standard InChI is InChI=1S/C15H21BrN2O/c1-15(11-3-4-11)10-18(8-7-17-15)12-5-6-13(16)14(9-12)19-2/h5-6,9,11,17H,3-4,7-8,10H2,1-2H3. The molecule has 1 heterocycles. The van der Waals surface area contributed by atoms with E-state index < -0.39 is 0 Å². The van der Waals surface area contributed by atoms with Crippen LogP contribution in [0, 0.1) is 5.92 Å². The molecule has 1 atom stereocenters. The number of hydrogen-bond acceptors (Lipinski definition) is 3. The molecule has 1 aliphatic carbocycles. The maximum atomic E-state index is 5.40. The highest BCUT2D eigenvalue weighted by atomic mass is 79.9. The molecule has 1 aliphatic heterocycles. The number of piperazine rings is 1. The van der Waals surface area contributed by atoms with E-state index in [-0.39, 0.29) is 5.54 Å². The van der Waals surface area contributed by atoms with Gasteiger partial charge in [-0.3, -0.25) is 0 Å². The van der Waals surface area contributed by atoms with E-state index in [1.165, 1.54) is 18.5 Å². The maximum absolute atomic E-state index is 5.40. The zero-order chi connectivity index (χ0) is 13.5. The number of methoxy groups -OCH3 is 1. The van der Waals surface area contributed by atoms with Crippen LogP contribution in [0.2, 0.25) is 0 Å². The Bertz CT molecular complexity index is 475. The summed E-state index contributed by atoms with van der Waals surface area (Å²) < 4.78 is 6.41. The first-order chi connectivity index (χ1) is 9.12. The fourth-order valence-electron chi connectivity index (χ4n) is 3.07. The molecule has 3 nitrogen and oxygen atoms in total. The molecule has 1 saturated carbocycles. The number of ether oxygens (including phenoxy) is 1. The molecule has 0 amide bonds. The lowest BCUT2D eigenvalue weighted by atomic mass is 9.92. The maximum Gasteiger partial charge on any atom is 0.135 e. The molecule has 2 fully saturated rings. The first kappa shape index (κ1) is 13.3. The van der Waals surface area contributed by atoms with Gasteiger partial charge < -0.3 is 15.0 Å². The average Bonchev–Trinajstić information content (AvgIpc) is 3.24. The van der Waals surface area contributed by atoms with Gasteiger partial charge in [0.1, 0.15) is 5.75 Å². The second kappa shape index (κ2) is 4.98. The third kappa shape index (κ3) is 2.61. The van der Waals surface area contributed by atoms with E-state index in [2.05, 4.69) is 51.3 Å². The van der Waals surface area contributed by atoms with Crippen molar-refractivity contribution >= 4 is 21.6 Å². The van der Waals surface area contributed by atoms with E-state index in [9.17, 15) is 0 Å². The largest absolute Gasteiger partial charge is 0.495 e. The van der Waals surface area contributed by atoms with Gasteiger partial charge in [-0.1, -0.05) is 0 Å². The number of hydrogen-bond donors (Lipinski definition) is 1. The van der Waals surface area contributed by atoms with E-state index in [0.717, 1.165) is 35.8 Å². The van der Waals surface area contributed by atoms with Gasteiger partial charge in [-0.15, -0.1) is 0 Å². The fourth-order valence-corrected chi connectivity index (χ4v) is 3.48. The van der Waals surface area contributed by atoms with Crippen LogP contribution >= 0.6 is 15.9 Å². The van der Waals surface area contributed by atoms with Crippen LogP contribution in [0.15, 0.2) is 22.7 Å². The zero-order valence-corrected chi connectivity index (χ0v) is 13.2. The summed E-state index contributed by atoms with van der Waals surface area (Å²) in [5, 5.41) is 3.71. The van der Waals surface area contributed by atoms with Crippen molar-refractivity contribution in [2.75, 3.05) is 31.6 Å². The van der Waals surface area contributed by atoms with Crippen LogP contribution < -0.4 is 15.0 Å². The zero-order valence-electron chi connectivity index (χ0n) is 11.6. The Morgan fingerprint density at radius 3 is 2.89 bits per heavy atom. The number of benzene rings is 1. The van der Waals surface area contributed by atoms with E-state index in [0.29, 0.717) is 0 Å². The van der Waals surface area contributed by atoms with E-state index in [4.69, 9.17) is 4.74 Å². The quantitative estimate of drug-likeness (QED) is 0.924. The summed E-state index contributed by atoms with van der Waals surface area (Å²) in [6.45, 7) is 5.58. The highest BCUT2D eigenvalue weighted by Crippen LogP contribution is 2.41. The second-order valence-electron chi connectivity index (χ2n) is 5.86. The Morgan fingerprint density at radius 2 is 2.21 bits per heavy atom. The van der Waals surface area contributed by atoms with Crippen LogP contribution in [0.3, 0.4) is 0 Å². The molecule has 1 unspecified atom stereocenters. The minimum absolute atomic E-state index is 0.276. The molecule has 0 bridgehead atoms. The highest BCUT2D eigenvalue weighted by Gasteiger charge is 2.43. The lowest BCUT2D eigenvalue weighted by Crippen LogP contribution is -2.60. The van der Waals surface area contributed by atoms with Crippen LogP contribution in [0.5, 0.6) is 5.75 Å². The molecule has 2 aliphatic rings. The van der Waals surface area contributed by atoms with Gasteiger partial charge in [0, 0.05) is 36.9 Å². The van der Waals surface area contributed by atoms with Crippen molar-refractivity contribution in [3.05, 3.63) is 22.7 Å². The molecule has 1 N–H and O–H groups in total. The van der Waals surface area contributed by atoms with Crippen molar-refractivity contribution in [1.82, 2.24) is 5.32 Å². The van der Waals surface area contributed by atoms with Gasteiger partial charge in [0.2, 0.25) is 0 Å². The lowest BCUT2D eigenvalue weighted by Gasteiger charge is -2.43. The van der Waals surface area contributed by atoms with Gasteiger partial charge in [0.25, 0.3) is 0 Å². The van der Waals surface area contributed by atoms with Crippen LogP contribution in [0.1, 0.15) is 19.8 Å². The van der Waals surface area contributed by atoms with E-state index >= 15 is 0 Å². The minimum atomic E-state index is 0.276. The van der Waals surface area contributed by atoms with Crippen LogP contribution in [-0.2, 0) is 0 Å². The molecule has 3 rings (SSSR count). The number of nitrogens with one attached hydrogen (secondary N) is 1. The topological polar surface area (TPSA) is 24.5 Å². The Labute approximate surface area is 123 Å². The fraction of sp³-hybridized carbons (Fsp3) is 0.600. The lowest BCUT2D eigenvalue weighted by molar-refractivity contribution is 0.285. The van der Waals surface area contributed by atoms with Gasteiger partial charge in [-0.25, -0.2) is 0 Å². The van der Waals surface area contributed by atoms with Gasteiger partial charge >= 0.3 is 0 Å². The van der Waals surface area contributed by atoms with E-state index in [1.807, 2.05) is 0 Å². The molecule has 104 valence electrons. The molecule has 4 heteroatoms. The van der Waals surface area contributed by atoms with Gasteiger partial charge in [-0.05, 0) is 53.7 Å². The molecule has 19 heavy (non-hydrogen) atoms. The summed E-state index contributed by atoms with van der Waals surface area (Å²) in [5.41, 5.74) is 1.53. The number of halogens is 1. The van der Waals surface area contributed by atoms with Gasteiger partial charge in [0.05, 0.1) is 11.6 Å². The molecule has 1 aromatic carbocycles. The van der Waals surface area contributed by atoms with Crippen molar-refractivity contribution in [3.63, 3.8) is 0 Å². The Morgan fingerprint density at radius 1 is 1.42 bits per heavy atom. The number of nitrogens with zero attached hydrogens (tertiary/aromatic N) is 1. The van der Waals surface area contributed by atoms with Gasteiger partial charge in [0.15, 0.2) is 0 Å². The van der Waals surface area contributed by atoms with Crippen LogP contribution in [0.25, 0.3) is 0 Å². The molecule has 0 spiro atoms. The molecular formula is C15H21BrN2O. The van der Waals surface area contributed by atoms with Gasteiger partial charge in [-0.2, -0.15) is 0 Å².